The first-order valence-corrected chi connectivity index (χ1v) is 5.40. The lowest BCUT2D eigenvalue weighted by Crippen LogP contribution is -1.94. The molecule has 0 saturated carbocycles. The SMILES string of the molecule is Cc1ccccc1CCc1nc(C#N)c(N)o1. The van der Waals surface area contributed by atoms with Gasteiger partial charge in [0.05, 0.1) is 0 Å². The van der Waals surface area contributed by atoms with Crippen LogP contribution < -0.4 is 5.73 Å². The molecular formula is C13H13N3O. The van der Waals surface area contributed by atoms with E-state index in [1.165, 1.54) is 11.1 Å². The van der Waals surface area contributed by atoms with Crippen molar-refractivity contribution in [3.8, 4) is 6.07 Å². The molecule has 2 N–H and O–H groups in total. The Bertz CT molecular complexity index is 566. The highest BCUT2D eigenvalue weighted by Gasteiger charge is 2.09. The number of anilines is 1. The number of hydrogen-bond donors (Lipinski definition) is 1. The minimum atomic E-state index is 0.104. The van der Waals surface area contributed by atoms with E-state index in [4.69, 9.17) is 15.4 Å². The quantitative estimate of drug-likeness (QED) is 0.872. The highest BCUT2D eigenvalue weighted by molar-refractivity contribution is 5.40. The van der Waals surface area contributed by atoms with Gasteiger partial charge < -0.3 is 10.2 Å². The molecule has 86 valence electrons. The van der Waals surface area contributed by atoms with Crippen molar-refractivity contribution in [2.45, 2.75) is 19.8 Å². The number of oxazole rings is 1. The number of aromatic nitrogens is 1. The summed E-state index contributed by atoms with van der Waals surface area (Å²) in [6.07, 6.45) is 1.48. The van der Waals surface area contributed by atoms with Gasteiger partial charge in [-0.1, -0.05) is 24.3 Å². The molecule has 1 aromatic heterocycles. The second kappa shape index (κ2) is 4.71. The third kappa shape index (κ3) is 2.45. The first-order chi connectivity index (χ1) is 8.20. The summed E-state index contributed by atoms with van der Waals surface area (Å²) in [6.45, 7) is 2.07. The van der Waals surface area contributed by atoms with Gasteiger partial charge in [0.15, 0.2) is 5.89 Å². The Balaban J connectivity index is 2.08. The highest BCUT2D eigenvalue weighted by Crippen LogP contribution is 2.15. The third-order valence-corrected chi connectivity index (χ3v) is 2.67. The lowest BCUT2D eigenvalue weighted by Gasteiger charge is -2.02. The molecule has 0 unspecified atom stereocenters. The average molecular weight is 227 g/mol. The molecule has 0 fully saturated rings. The van der Waals surface area contributed by atoms with Crippen molar-refractivity contribution in [2.24, 2.45) is 0 Å². The Kier molecular flexibility index (Phi) is 3.10. The second-order valence-electron chi connectivity index (χ2n) is 3.86. The molecule has 4 nitrogen and oxygen atoms in total. The van der Waals surface area contributed by atoms with Gasteiger partial charge in [-0.15, -0.1) is 0 Å². The van der Waals surface area contributed by atoms with Gasteiger partial charge in [0, 0.05) is 6.42 Å². The van der Waals surface area contributed by atoms with E-state index >= 15 is 0 Å². The maximum Gasteiger partial charge on any atom is 0.229 e. The van der Waals surface area contributed by atoms with Gasteiger partial charge in [-0.2, -0.15) is 5.26 Å². The van der Waals surface area contributed by atoms with Gasteiger partial charge in [-0.3, -0.25) is 0 Å². The van der Waals surface area contributed by atoms with Crippen LogP contribution in [0.4, 0.5) is 5.88 Å². The van der Waals surface area contributed by atoms with Crippen LogP contribution in [0.1, 0.15) is 22.7 Å². The molecule has 0 aliphatic heterocycles. The molecule has 2 aromatic rings. The maximum atomic E-state index is 8.71. The maximum absolute atomic E-state index is 8.71. The van der Waals surface area contributed by atoms with Crippen LogP contribution in [-0.2, 0) is 12.8 Å². The van der Waals surface area contributed by atoms with Crippen molar-refractivity contribution in [3.63, 3.8) is 0 Å². The number of benzene rings is 1. The molecule has 0 bridgehead atoms. The predicted octanol–water partition coefficient (Wildman–Crippen LogP) is 2.22. The normalized spacial score (nSPS) is 10.1. The Morgan fingerprint density at radius 3 is 2.76 bits per heavy atom. The van der Waals surface area contributed by atoms with E-state index in [1.807, 2.05) is 18.2 Å². The molecule has 0 aliphatic rings. The summed E-state index contributed by atoms with van der Waals surface area (Å²) in [5.74, 6) is 0.620. The van der Waals surface area contributed by atoms with Crippen LogP contribution in [0.2, 0.25) is 0 Å². The van der Waals surface area contributed by atoms with Crippen LogP contribution in [-0.4, -0.2) is 4.98 Å². The summed E-state index contributed by atoms with van der Waals surface area (Å²) < 4.78 is 5.21. The average Bonchev–Trinajstić information content (AvgIpc) is 2.69. The third-order valence-electron chi connectivity index (χ3n) is 2.67. The Hall–Kier alpha value is -2.28. The molecule has 0 spiro atoms. The van der Waals surface area contributed by atoms with Crippen molar-refractivity contribution in [1.82, 2.24) is 4.98 Å². The second-order valence-corrected chi connectivity index (χ2v) is 3.86. The van der Waals surface area contributed by atoms with Crippen LogP contribution in [0.25, 0.3) is 0 Å². The van der Waals surface area contributed by atoms with Crippen molar-refractivity contribution in [2.75, 3.05) is 5.73 Å². The lowest BCUT2D eigenvalue weighted by atomic mass is 10.0. The monoisotopic (exact) mass is 227 g/mol. The van der Waals surface area contributed by atoms with E-state index in [2.05, 4.69) is 24.0 Å². The van der Waals surface area contributed by atoms with Crippen molar-refractivity contribution < 1.29 is 4.42 Å². The van der Waals surface area contributed by atoms with Gasteiger partial charge in [-0.25, -0.2) is 4.98 Å². The van der Waals surface area contributed by atoms with E-state index in [9.17, 15) is 0 Å². The molecule has 0 aliphatic carbocycles. The van der Waals surface area contributed by atoms with Crippen LogP contribution in [0, 0.1) is 18.3 Å². The molecule has 0 radical (unpaired) electrons. The number of nitrogen functional groups attached to an aromatic ring is 1. The fraction of sp³-hybridized carbons (Fsp3) is 0.231. The number of hydrogen-bond acceptors (Lipinski definition) is 4. The van der Waals surface area contributed by atoms with Crippen LogP contribution in [0.15, 0.2) is 28.7 Å². The highest BCUT2D eigenvalue weighted by atomic mass is 16.4. The minimum Gasteiger partial charge on any atom is -0.424 e. The number of rotatable bonds is 3. The summed E-state index contributed by atoms with van der Waals surface area (Å²) in [5.41, 5.74) is 8.17. The minimum absolute atomic E-state index is 0.104. The predicted molar refractivity (Wildman–Crippen MR) is 64.2 cm³/mol. The Morgan fingerprint density at radius 2 is 2.12 bits per heavy atom. The van der Waals surface area contributed by atoms with Crippen molar-refractivity contribution in [1.29, 1.82) is 5.26 Å². The van der Waals surface area contributed by atoms with E-state index in [0.717, 1.165) is 6.42 Å². The molecule has 0 amide bonds. The van der Waals surface area contributed by atoms with Gasteiger partial charge in [-0.05, 0) is 24.5 Å². The number of nitriles is 1. The molecule has 17 heavy (non-hydrogen) atoms. The molecule has 0 saturated heterocycles. The summed E-state index contributed by atoms with van der Waals surface area (Å²) in [7, 11) is 0. The van der Waals surface area contributed by atoms with Gasteiger partial charge in [0.25, 0.3) is 0 Å². The smallest absolute Gasteiger partial charge is 0.229 e. The van der Waals surface area contributed by atoms with Crippen molar-refractivity contribution in [3.05, 3.63) is 47.0 Å². The topological polar surface area (TPSA) is 75.8 Å². The zero-order valence-corrected chi connectivity index (χ0v) is 9.60. The largest absolute Gasteiger partial charge is 0.424 e. The molecular weight excluding hydrogens is 214 g/mol. The van der Waals surface area contributed by atoms with E-state index in [1.54, 1.807) is 0 Å². The molecule has 4 heteroatoms. The number of nitrogens with zero attached hydrogens (tertiary/aromatic N) is 2. The Morgan fingerprint density at radius 1 is 1.35 bits per heavy atom. The molecule has 2 rings (SSSR count). The van der Waals surface area contributed by atoms with Crippen LogP contribution in [0.5, 0.6) is 0 Å². The van der Waals surface area contributed by atoms with Crippen LogP contribution in [0.3, 0.4) is 0 Å². The summed E-state index contributed by atoms with van der Waals surface area (Å²) in [6, 6.07) is 10.1. The van der Waals surface area contributed by atoms with E-state index in [-0.39, 0.29) is 11.6 Å². The van der Waals surface area contributed by atoms with Crippen LogP contribution >= 0.6 is 0 Å². The zero-order valence-electron chi connectivity index (χ0n) is 9.60. The summed E-state index contributed by atoms with van der Waals surface area (Å²) in [4.78, 5) is 4.02. The molecule has 1 aromatic carbocycles. The fourth-order valence-corrected chi connectivity index (χ4v) is 1.70. The van der Waals surface area contributed by atoms with Crippen molar-refractivity contribution >= 4 is 5.88 Å². The van der Waals surface area contributed by atoms with E-state index < -0.39 is 0 Å². The fourth-order valence-electron chi connectivity index (χ4n) is 1.70. The summed E-state index contributed by atoms with van der Waals surface area (Å²) >= 11 is 0. The Labute approximate surface area is 99.7 Å². The lowest BCUT2D eigenvalue weighted by molar-refractivity contribution is 0.509. The summed E-state index contributed by atoms with van der Waals surface area (Å²) in [5, 5.41) is 8.71. The van der Waals surface area contributed by atoms with Gasteiger partial charge in [0.1, 0.15) is 6.07 Å². The first-order valence-electron chi connectivity index (χ1n) is 5.40. The zero-order chi connectivity index (χ0) is 12.3. The molecule has 0 atom stereocenters. The van der Waals surface area contributed by atoms with Gasteiger partial charge >= 0.3 is 0 Å². The standard InChI is InChI=1S/C13H13N3O/c1-9-4-2-3-5-10(9)6-7-12-16-11(8-14)13(15)17-12/h2-5H,6-7,15H2,1H3. The number of aryl methyl sites for hydroxylation is 3. The number of nitrogens with two attached hydrogens (primary N) is 1. The van der Waals surface area contributed by atoms with E-state index in [0.29, 0.717) is 12.3 Å². The van der Waals surface area contributed by atoms with Gasteiger partial charge in [0.2, 0.25) is 11.6 Å². The molecule has 1 heterocycles. The first kappa shape index (κ1) is 11.2.